The molecule has 0 aliphatic rings. The van der Waals surface area contributed by atoms with Gasteiger partial charge in [-0.05, 0) is 23.9 Å². The normalized spacial score (nSPS) is 10.9. The number of benzene rings is 1. The Morgan fingerprint density at radius 2 is 1.86 bits per heavy atom. The molecular formula is C7H6BF4KS. The van der Waals surface area contributed by atoms with Crippen molar-refractivity contribution in [1.82, 2.24) is 0 Å². The van der Waals surface area contributed by atoms with Crippen molar-refractivity contribution in [2.24, 2.45) is 0 Å². The quantitative estimate of drug-likeness (QED) is 0.421. The van der Waals surface area contributed by atoms with Crippen molar-refractivity contribution in [3.05, 3.63) is 30.1 Å². The number of halogens is 4. The first-order valence-electron chi connectivity index (χ1n) is 3.57. The summed E-state index contributed by atoms with van der Waals surface area (Å²) in [6.07, 6.45) is 0. The van der Waals surface area contributed by atoms with Crippen LogP contribution >= 0.6 is 11.8 Å². The van der Waals surface area contributed by atoms with Crippen LogP contribution < -0.4 is 51.4 Å². The Morgan fingerprint density at radius 1 is 1.21 bits per heavy atom. The minimum Gasteiger partial charge on any atom is -0.448 e. The third kappa shape index (κ3) is 6.47. The summed E-state index contributed by atoms with van der Waals surface area (Å²) in [5.41, 5.74) is -0.927. The van der Waals surface area contributed by atoms with Crippen LogP contribution in [-0.2, 0) is 0 Å². The van der Waals surface area contributed by atoms with Crippen molar-refractivity contribution >= 4 is 18.7 Å². The molecule has 1 aromatic rings. The predicted molar refractivity (Wildman–Crippen MR) is 46.2 cm³/mol. The Hall–Kier alpha value is 0.991. The molecule has 0 unspecified atom stereocenters. The topological polar surface area (TPSA) is 0 Å². The zero-order chi connectivity index (χ0) is 9.90. The second-order valence-electron chi connectivity index (χ2n) is 2.48. The van der Waals surface area contributed by atoms with Crippen LogP contribution in [0.15, 0.2) is 29.2 Å². The fourth-order valence-corrected chi connectivity index (χ4v) is 1.50. The fraction of sp³-hybridized carbons (Fsp3) is 0.143. The second-order valence-corrected chi connectivity index (χ2v) is 3.57. The minimum absolute atomic E-state index is 0. The summed E-state index contributed by atoms with van der Waals surface area (Å²) in [6.45, 7) is -4.80. The van der Waals surface area contributed by atoms with E-state index in [1.807, 2.05) is 0 Å². The molecule has 14 heavy (non-hydrogen) atoms. The molecule has 0 radical (unpaired) electrons. The van der Waals surface area contributed by atoms with Crippen LogP contribution in [-0.4, -0.2) is 12.6 Å². The number of thioether (sulfide) groups is 1. The van der Waals surface area contributed by atoms with Gasteiger partial charge in [-0.3, -0.25) is 0 Å². The van der Waals surface area contributed by atoms with E-state index in [0.717, 1.165) is 6.07 Å². The summed E-state index contributed by atoms with van der Waals surface area (Å²) in [7, 11) is 0. The number of hydrogen-bond acceptors (Lipinski definition) is 1. The van der Waals surface area contributed by atoms with Gasteiger partial charge in [0.25, 0.3) is 0 Å². The minimum atomic E-state index is -4.80. The van der Waals surface area contributed by atoms with Crippen LogP contribution in [0.3, 0.4) is 0 Å². The van der Waals surface area contributed by atoms with E-state index in [2.05, 4.69) is 0 Å². The molecule has 0 spiro atoms. The zero-order valence-corrected chi connectivity index (χ0v) is 11.5. The number of hydrogen-bond donors (Lipinski definition) is 0. The van der Waals surface area contributed by atoms with Gasteiger partial charge in [0, 0.05) is 4.90 Å². The molecule has 72 valence electrons. The van der Waals surface area contributed by atoms with Crippen LogP contribution in [0.5, 0.6) is 0 Å². The molecule has 0 fully saturated rings. The van der Waals surface area contributed by atoms with Crippen LogP contribution in [0.2, 0.25) is 0 Å². The van der Waals surface area contributed by atoms with Gasteiger partial charge in [-0.2, -0.15) is 11.8 Å². The molecular weight excluding hydrogens is 242 g/mol. The van der Waals surface area contributed by atoms with E-state index < -0.39 is 18.4 Å². The monoisotopic (exact) mass is 248 g/mol. The van der Waals surface area contributed by atoms with Crippen molar-refractivity contribution < 1.29 is 68.7 Å². The molecule has 0 N–H and O–H groups in total. The first kappa shape index (κ1) is 15.0. The molecule has 0 bridgehead atoms. The van der Waals surface area contributed by atoms with E-state index in [1.54, 1.807) is 0 Å². The molecule has 1 rings (SSSR count). The van der Waals surface area contributed by atoms with Crippen molar-refractivity contribution in [3.8, 4) is 0 Å². The summed E-state index contributed by atoms with van der Waals surface area (Å²) in [6, 6.07) is 5.13. The van der Waals surface area contributed by atoms with Crippen molar-refractivity contribution in [2.45, 2.75) is 4.90 Å². The Morgan fingerprint density at radius 3 is 2.36 bits per heavy atom. The Kier molecular flexibility index (Phi) is 7.01. The molecule has 0 atom stereocenters. The maximum Gasteiger partial charge on any atom is 1.00 e. The third-order valence-electron chi connectivity index (χ3n) is 1.24. The van der Waals surface area contributed by atoms with Crippen molar-refractivity contribution in [2.75, 3.05) is 5.65 Å². The van der Waals surface area contributed by atoms with E-state index in [4.69, 9.17) is 0 Å². The van der Waals surface area contributed by atoms with Gasteiger partial charge >= 0.3 is 58.4 Å². The fourth-order valence-electron chi connectivity index (χ4n) is 0.747. The van der Waals surface area contributed by atoms with Gasteiger partial charge in [-0.25, -0.2) is 4.39 Å². The first-order valence-corrected chi connectivity index (χ1v) is 4.55. The smallest absolute Gasteiger partial charge is 0.448 e. The Bertz CT molecular complexity index is 291. The molecule has 0 amide bonds. The SMILES string of the molecule is Fc1cccc(SC[B-](F)(F)F)c1.[K+]. The molecule has 0 aliphatic carbocycles. The second kappa shape index (κ2) is 6.55. The van der Waals surface area contributed by atoms with Gasteiger partial charge in [0.1, 0.15) is 5.82 Å². The molecule has 0 saturated heterocycles. The average molecular weight is 248 g/mol. The van der Waals surface area contributed by atoms with Crippen molar-refractivity contribution in [3.63, 3.8) is 0 Å². The number of rotatable bonds is 3. The van der Waals surface area contributed by atoms with Crippen LogP contribution in [0.4, 0.5) is 17.3 Å². The van der Waals surface area contributed by atoms with E-state index >= 15 is 0 Å². The Labute approximate surface area is 126 Å². The van der Waals surface area contributed by atoms with Crippen LogP contribution in [0.25, 0.3) is 0 Å². The summed E-state index contributed by atoms with van der Waals surface area (Å²) in [5.74, 6) is -0.514. The van der Waals surface area contributed by atoms with Crippen LogP contribution in [0, 0.1) is 5.82 Å². The van der Waals surface area contributed by atoms with E-state index in [0.29, 0.717) is 16.7 Å². The van der Waals surface area contributed by atoms with E-state index in [-0.39, 0.29) is 51.4 Å². The molecule has 0 heterocycles. The standard InChI is InChI=1S/C7H6BF4S.K/c9-6-2-1-3-7(4-6)13-5-8(10,11)12;/h1-4H,5H2;/q-1;+1. The Balaban J connectivity index is 0.00000169. The predicted octanol–water partition coefficient (Wildman–Crippen LogP) is 0.308. The van der Waals surface area contributed by atoms with Gasteiger partial charge < -0.3 is 12.9 Å². The summed E-state index contributed by atoms with van der Waals surface area (Å²) in [4.78, 5) is 0.305. The van der Waals surface area contributed by atoms with Gasteiger partial charge in [-0.1, -0.05) is 6.07 Å². The van der Waals surface area contributed by atoms with Gasteiger partial charge in [-0.15, -0.1) is 0 Å². The average Bonchev–Trinajstić information content (AvgIpc) is 2.00. The summed E-state index contributed by atoms with van der Waals surface area (Å²) in [5, 5.41) is 0. The van der Waals surface area contributed by atoms with E-state index in [9.17, 15) is 17.3 Å². The third-order valence-corrected chi connectivity index (χ3v) is 2.37. The molecule has 0 aromatic heterocycles. The van der Waals surface area contributed by atoms with E-state index in [1.165, 1.54) is 18.2 Å². The van der Waals surface area contributed by atoms with Crippen molar-refractivity contribution in [1.29, 1.82) is 0 Å². The molecule has 0 nitrogen and oxygen atoms in total. The van der Waals surface area contributed by atoms with Crippen LogP contribution in [0.1, 0.15) is 0 Å². The maximum atomic E-state index is 12.5. The molecule has 1 aromatic carbocycles. The maximum absolute atomic E-state index is 12.5. The first-order chi connectivity index (χ1) is 5.97. The largest absolute Gasteiger partial charge is 1.00 e. The molecule has 7 heteroatoms. The zero-order valence-electron chi connectivity index (χ0n) is 7.51. The van der Waals surface area contributed by atoms with Gasteiger partial charge in [0.05, 0.1) is 0 Å². The molecule has 0 saturated carbocycles. The summed E-state index contributed by atoms with van der Waals surface area (Å²) >= 11 is 0.604. The van der Waals surface area contributed by atoms with Gasteiger partial charge in [0.15, 0.2) is 0 Å². The molecule has 0 aliphatic heterocycles. The van der Waals surface area contributed by atoms with Gasteiger partial charge in [0.2, 0.25) is 0 Å². The summed E-state index contributed by atoms with van der Waals surface area (Å²) < 4.78 is 47.9.